The average molecular weight is 372 g/mol. The van der Waals surface area contributed by atoms with E-state index in [1.54, 1.807) is 25.4 Å². The predicted octanol–water partition coefficient (Wildman–Crippen LogP) is 3.11. The highest BCUT2D eigenvalue weighted by atomic mass is 32.1. The maximum Gasteiger partial charge on any atom is 0.219 e. The zero-order chi connectivity index (χ0) is 18.3. The molecule has 1 aromatic heterocycles. The molecule has 2 aromatic rings. The van der Waals surface area contributed by atoms with Crippen LogP contribution in [0.4, 0.5) is 0 Å². The van der Waals surface area contributed by atoms with Crippen LogP contribution in [-0.2, 0) is 11.3 Å². The molecule has 0 N–H and O–H groups in total. The summed E-state index contributed by atoms with van der Waals surface area (Å²) in [5, 5.41) is 0. The number of methoxy groups -OCH3 is 1. The Morgan fingerprint density at radius 1 is 1.27 bits per heavy atom. The third kappa shape index (κ3) is 3.12. The zero-order valence-corrected chi connectivity index (χ0v) is 16.3. The Labute approximate surface area is 158 Å². The Kier molecular flexibility index (Phi) is 4.71. The average Bonchev–Trinajstić information content (AvgIpc) is 3.30. The molecule has 2 saturated heterocycles. The Bertz CT molecular complexity index is 789. The van der Waals surface area contributed by atoms with Gasteiger partial charge in [-0.05, 0) is 30.5 Å². The van der Waals surface area contributed by atoms with E-state index in [9.17, 15) is 4.79 Å². The molecule has 1 amide bonds. The molecule has 0 bridgehead atoms. The van der Waals surface area contributed by atoms with Crippen LogP contribution in [0.15, 0.2) is 29.8 Å². The van der Waals surface area contributed by atoms with Gasteiger partial charge < -0.3 is 9.64 Å². The number of aryl methyl sites for hydroxylation is 1. The second kappa shape index (κ2) is 7.00. The summed E-state index contributed by atoms with van der Waals surface area (Å²) in [5.41, 5.74) is 4.28. The van der Waals surface area contributed by atoms with Gasteiger partial charge in [0.2, 0.25) is 5.91 Å². The Morgan fingerprint density at radius 3 is 2.65 bits per heavy atom. The quantitative estimate of drug-likeness (QED) is 0.828. The van der Waals surface area contributed by atoms with Gasteiger partial charge in [-0.25, -0.2) is 4.98 Å². The van der Waals surface area contributed by atoms with Crippen molar-refractivity contribution in [1.29, 1.82) is 0 Å². The van der Waals surface area contributed by atoms with Gasteiger partial charge in [0, 0.05) is 43.9 Å². The molecule has 0 saturated carbocycles. The molecule has 26 heavy (non-hydrogen) atoms. The van der Waals surface area contributed by atoms with E-state index in [1.807, 2.05) is 17.6 Å². The smallest absolute Gasteiger partial charge is 0.219 e. The van der Waals surface area contributed by atoms with Crippen LogP contribution in [0.5, 0.6) is 5.75 Å². The summed E-state index contributed by atoms with van der Waals surface area (Å²) in [5.74, 6) is 2.05. The fourth-order valence-electron chi connectivity index (χ4n) is 4.50. The van der Waals surface area contributed by atoms with E-state index in [1.165, 1.54) is 10.4 Å². The summed E-state index contributed by atoms with van der Waals surface area (Å²) in [4.78, 5) is 22.6. The Balaban J connectivity index is 1.55. The van der Waals surface area contributed by atoms with Crippen LogP contribution in [0.3, 0.4) is 0 Å². The van der Waals surface area contributed by atoms with E-state index < -0.39 is 0 Å². The lowest BCUT2D eigenvalue weighted by Gasteiger charge is -2.29. The summed E-state index contributed by atoms with van der Waals surface area (Å²) in [6, 6.07) is 8.37. The summed E-state index contributed by atoms with van der Waals surface area (Å²) < 4.78 is 5.29. The van der Waals surface area contributed by atoms with Gasteiger partial charge in [0.1, 0.15) is 5.75 Å². The van der Waals surface area contributed by atoms with Crippen LogP contribution in [0.25, 0.3) is 0 Å². The molecule has 138 valence electrons. The third-order valence-corrected chi connectivity index (χ3v) is 6.73. The number of benzene rings is 1. The second-order valence-electron chi connectivity index (χ2n) is 7.37. The highest BCUT2D eigenvalue weighted by Gasteiger charge is 2.48. The molecule has 3 atom stereocenters. The number of ether oxygens (including phenoxy) is 1. The minimum atomic E-state index is 0.163. The molecule has 0 aliphatic carbocycles. The van der Waals surface area contributed by atoms with Gasteiger partial charge in [0.25, 0.3) is 0 Å². The van der Waals surface area contributed by atoms with Gasteiger partial charge in [-0.1, -0.05) is 12.1 Å². The van der Waals surface area contributed by atoms with Crippen LogP contribution in [0, 0.1) is 18.8 Å². The SMILES string of the molecule is COc1ccc([C@H]2[C@@H]3CN(Cc4scnc4C)C[C@@H]3CN2C(C)=O)cc1. The number of likely N-dealkylation sites (tertiary alicyclic amines) is 2. The normalized spacial score (nSPS) is 25.5. The van der Waals surface area contributed by atoms with E-state index >= 15 is 0 Å². The van der Waals surface area contributed by atoms with Crippen molar-refractivity contribution in [3.8, 4) is 5.75 Å². The van der Waals surface area contributed by atoms with Crippen molar-refractivity contribution in [2.24, 2.45) is 11.8 Å². The summed E-state index contributed by atoms with van der Waals surface area (Å²) in [6.07, 6.45) is 0. The number of aromatic nitrogens is 1. The van der Waals surface area contributed by atoms with E-state index in [4.69, 9.17) is 4.74 Å². The van der Waals surface area contributed by atoms with Crippen LogP contribution in [0.1, 0.15) is 29.1 Å². The van der Waals surface area contributed by atoms with Gasteiger partial charge in [-0.3, -0.25) is 9.69 Å². The number of carbonyl (C=O) groups excluding carboxylic acids is 1. The monoisotopic (exact) mass is 371 g/mol. The largest absolute Gasteiger partial charge is 0.497 e. The molecule has 3 heterocycles. The molecule has 0 spiro atoms. The van der Waals surface area contributed by atoms with E-state index in [0.717, 1.165) is 37.6 Å². The van der Waals surface area contributed by atoms with Crippen molar-refractivity contribution < 1.29 is 9.53 Å². The summed E-state index contributed by atoms with van der Waals surface area (Å²) in [7, 11) is 1.68. The predicted molar refractivity (Wildman–Crippen MR) is 102 cm³/mol. The second-order valence-corrected chi connectivity index (χ2v) is 8.31. The van der Waals surface area contributed by atoms with Crippen molar-refractivity contribution >= 4 is 17.2 Å². The van der Waals surface area contributed by atoms with Gasteiger partial charge in [0.05, 0.1) is 24.4 Å². The van der Waals surface area contributed by atoms with E-state index in [0.29, 0.717) is 11.8 Å². The number of hydrogen-bond donors (Lipinski definition) is 0. The number of nitrogens with zero attached hydrogens (tertiary/aromatic N) is 3. The van der Waals surface area contributed by atoms with Crippen molar-refractivity contribution in [2.75, 3.05) is 26.7 Å². The topological polar surface area (TPSA) is 45.7 Å². The van der Waals surface area contributed by atoms with Crippen molar-refractivity contribution in [3.05, 3.63) is 45.9 Å². The van der Waals surface area contributed by atoms with Gasteiger partial charge in [0.15, 0.2) is 0 Å². The van der Waals surface area contributed by atoms with Crippen molar-refractivity contribution in [1.82, 2.24) is 14.8 Å². The van der Waals surface area contributed by atoms with Gasteiger partial charge in [-0.15, -0.1) is 11.3 Å². The van der Waals surface area contributed by atoms with Crippen molar-refractivity contribution in [3.63, 3.8) is 0 Å². The molecular weight excluding hydrogens is 346 g/mol. The lowest BCUT2D eigenvalue weighted by molar-refractivity contribution is -0.130. The molecule has 0 radical (unpaired) electrons. The lowest BCUT2D eigenvalue weighted by Crippen LogP contribution is -2.34. The Hall–Kier alpha value is -1.92. The van der Waals surface area contributed by atoms with Crippen LogP contribution in [-0.4, -0.2) is 47.4 Å². The molecule has 1 aromatic carbocycles. The van der Waals surface area contributed by atoms with Crippen molar-refractivity contribution in [2.45, 2.75) is 26.4 Å². The fraction of sp³-hybridized carbons (Fsp3) is 0.500. The number of carbonyl (C=O) groups is 1. The first-order valence-corrected chi connectivity index (χ1v) is 9.97. The molecule has 5 nitrogen and oxygen atoms in total. The minimum Gasteiger partial charge on any atom is -0.497 e. The van der Waals surface area contributed by atoms with Gasteiger partial charge >= 0.3 is 0 Å². The Morgan fingerprint density at radius 2 is 2.04 bits per heavy atom. The molecule has 2 aliphatic rings. The number of amides is 1. The number of rotatable bonds is 4. The molecule has 2 fully saturated rings. The maximum atomic E-state index is 12.2. The number of thiazole rings is 1. The molecular formula is C20H25N3O2S. The third-order valence-electron chi connectivity index (χ3n) is 5.81. The lowest BCUT2D eigenvalue weighted by atomic mass is 9.89. The summed E-state index contributed by atoms with van der Waals surface area (Å²) >= 11 is 1.74. The minimum absolute atomic E-state index is 0.163. The molecule has 4 rings (SSSR count). The van der Waals surface area contributed by atoms with Gasteiger partial charge in [-0.2, -0.15) is 0 Å². The molecule has 2 aliphatic heterocycles. The molecule has 6 heteroatoms. The number of hydrogen-bond acceptors (Lipinski definition) is 5. The maximum absolute atomic E-state index is 12.2. The summed E-state index contributed by atoms with van der Waals surface area (Å²) in [6.45, 7) is 7.69. The first-order valence-electron chi connectivity index (χ1n) is 9.09. The standard InChI is InChI=1S/C20H25N3O2S/c1-13-19(26-12-21-13)11-22-8-16-9-23(14(2)24)20(18(16)10-22)15-4-6-17(25-3)7-5-15/h4-7,12,16,18,20H,8-11H2,1-3H3/t16-,18-,20+/m1/s1. The fourth-order valence-corrected chi connectivity index (χ4v) is 5.32. The first kappa shape index (κ1) is 17.5. The zero-order valence-electron chi connectivity index (χ0n) is 15.5. The molecule has 0 unspecified atom stereocenters. The van der Waals surface area contributed by atoms with E-state index in [-0.39, 0.29) is 11.9 Å². The first-order chi connectivity index (χ1) is 12.6. The van der Waals surface area contributed by atoms with Crippen LogP contribution < -0.4 is 4.74 Å². The van der Waals surface area contributed by atoms with Crippen LogP contribution in [0.2, 0.25) is 0 Å². The highest BCUT2D eigenvalue weighted by molar-refractivity contribution is 7.09. The highest BCUT2D eigenvalue weighted by Crippen LogP contribution is 2.45. The number of fused-ring (bicyclic) bond motifs is 1. The van der Waals surface area contributed by atoms with Crippen LogP contribution >= 0.6 is 11.3 Å². The van der Waals surface area contributed by atoms with E-state index in [2.05, 4.69) is 33.8 Å².